The third-order valence-electron chi connectivity index (χ3n) is 3.92. The van der Waals surface area contributed by atoms with Crippen LogP contribution in [0.2, 0.25) is 10.0 Å². The number of rotatable bonds is 4. The Morgan fingerprint density at radius 1 is 1.08 bits per heavy atom. The number of hydrogen-bond donors (Lipinski definition) is 1. The van der Waals surface area contributed by atoms with Crippen LogP contribution in [0.3, 0.4) is 0 Å². The standard InChI is InChI=1S/C19H14Cl2N4O/c1-26-13-7-9-25-17(11-13)24-18(15-4-2-3-8-22-15)19(25)23-16-10-12(20)5-6-14(16)21/h2-11,23H,1H3. The number of methoxy groups -OCH3 is 1. The van der Waals surface area contributed by atoms with Crippen molar-refractivity contribution in [3.63, 3.8) is 0 Å². The van der Waals surface area contributed by atoms with Gasteiger partial charge in [0.1, 0.15) is 22.9 Å². The molecule has 3 heterocycles. The zero-order chi connectivity index (χ0) is 18.1. The smallest absolute Gasteiger partial charge is 0.144 e. The normalized spacial score (nSPS) is 10.9. The Morgan fingerprint density at radius 2 is 1.96 bits per heavy atom. The van der Waals surface area contributed by atoms with Gasteiger partial charge < -0.3 is 10.1 Å². The van der Waals surface area contributed by atoms with Crippen LogP contribution in [0.4, 0.5) is 11.5 Å². The molecule has 0 atom stereocenters. The molecular formula is C19H14Cl2N4O. The molecule has 4 aromatic rings. The highest BCUT2D eigenvalue weighted by molar-refractivity contribution is 6.35. The molecule has 0 aliphatic rings. The van der Waals surface area contributed by atoms with Gasteiger partial charge >= 0.3 is 0 Å². The number of nitrogens with zero attached hydrogens (tertiary/aromatic N) is 3. The highest BCUT2D eigenvalue weighted by Gasteiger charge is 2.17. The number of ether oxygens (including phenoxy) is 1. The molecule has 130 valence electrons. The Bertz CT molecular complexity index is 1080. The summed E-state index contributed by atoms with van der Waals surface area (Å²) in [7, 11) is 1.62. The lowest BCUT2D eigenvalue weighted by Crippen LogP contribution is -1.98. The number of aromatic nitrogens is 3. The zero-order valence-corrected chi connectivity index (χ0v) is 15.3. The van der Waals surface area contributed by atoms with Crippen molar-refractivity contribution in [3.8, 4) is 17.1 Å². The SMILES string of the molecule is COc1ccn2c(Nc3cc(Cl)ccc3Cl)c(-c3ccccn3)nc2c1. The van der Waals surface area contributed by atoms with E-state index in [9.17, 15) is 0 Å². The molecule has 0 bridgehead atoms. The van der Waals surface area contributed by atoms with Crippen LogP contribution in [0.1, 0.15) is 0 Å². The quantitative estimate of drug-likeness (QED) is 0.507. The number of benzene rings is 1. The van der Waals surface area contributed by atoms with Gasteiger partial charge in [-0.05, 0) is 36.4 Å². The molecule has 4 rings (SSSR count). The van der Waals surface area contributed by atoms with Gasteiger partial charge in [0.15, 0.2) is 0 Å². The van der Waals surface area contributed by atoms with E-state index in [1.807, 2.05) is 40.9 Å². The van der Waals surface area contributed by atoms with Gasteiger partial charge in [0, 0.05) is 23.5 Å². The first-order chi connectivity index (χ1) is 12.7. The topological polar surface area (TPSA) is 51.5 Å². The number of hydrogen-bond acceptors (Lipinski definition) is 4. The van der Waals surface area contributed by atoms with Crippen LogP contribution < -0.4 is 10.1 Å². The number of fused-ring (bicyclic) bond motifs is 1. The second kappa shape index (κ2) is 6.86. The van der Waals surface area contributed by atoms with E-state index >= 15 is 0 Å². The van der Waals surface area contributed by atoms with Crippen LogP contribution in [0.5, 0.6) is 5.75 Å². The third-order valence-corrected chi connectivity index (χ3v) is 4.49. The Labute approximate surface area is 160 Å². The summed E-state index contributed by atoms with van der Waals surface area (Å²) in [6.07, 6.45) is 3.62. The van der Waals surface area contributed by atoms with Crippen LogP contribution in [0.25, 0.3) is 17.0 Å². The van der Waals surface area contributed by atoms with Crippen LogP contribution in [-0.4, -0.2) is 21.5 Å². The summed E-state index contributed by atoms with van der Waals surface area (Å²) in [5, 5.41) is 4.49. The van der Waals surface area contributed by atoms with Crippen molar-refractivity contribution in [3.05, 3.63) is 71.0 Å². The molecule has 0 spiro atoms. The first kappa shape index (κ1) is 16.7. The first-order valence-corrected chi connectivity index (χ1v) is 8.61. The highest BCUT2D eigenvalue weighted by Crippen LogP contribution is 2.34. The van der Waals surface area contributed by atoms with Gasteiger partial charge in [-0.1, -0.05) is 29.3 Å². The predicted octanol–water partition coefficient (Wildman–Crippen LogP) is 5.46. The molecular weight excluding hydrogens is 371 g/mol. The van der Waals surface area contributed by atoms with E-state index in [1.165, 1.54) is 0 Å². The maximum atomic E-state index is 6.32. The molecule has 5 nitrogen and oxygen atoms in total. The van der Waals surface area contributed by atoms with Gasteiger partial charge in [0.25, 0.3) is 0 Å². The van der Waals surface area contributed by atoms with E-state index in [1.54, 1.807) is 31.5 Å². The second-order valence-corrected chi connectivity index (χ2v) is 6.41. The monoisotopic (exact) mass is 384 g/mol. The van der Waals surface area contributed by atoms with E-state index in [-0.39, 0.29) is 0 Å². The number of halogens is 2. The average molecular weight is 385 g/mol. The van der Waals surface area contributed by atoms with Crippen molar-refractivity contribution in [1.29, 1.82) is 0 Å². The van der Waals surface area contributed by atoms with E-state index in [4.69, 9.17) is 32.9 Å². The lowest BCUT2D eigenvalue weighted by Gasteiger charge is -2.11. The van der Waals surface area contributed by atoms with Crippen LogP contribution in [0.15, 0.2) is 60.9 Å². The highest BCUT2D eigenvalue weighted by atomic mass is 35.5. The number of imidazole rings is 1. The molecule has 3 aromatic heterocycles. The molecule has 7 heteroatoms. The fraction of sp³-hybridized carbons (Fsp3) is 0.0526. The summed E-state index contributed by atoms with van der Waals surface area (Å²) in [5.41, 5.74) is 2.87. The summed E-state index contributed by atoms with van der Waals surface area (Å²) in [6, 6.07) is 14.7. The van der Waals surface area contributed by atoms with Crippen molar-refractivity contribution in [1.82, 2.24) is 14.4 Å². The minimum absolute atomic E-state index is 0.560. The fourth-order valence-electron chi connectivity index (χ4n) is 2.67. The number of pyridine rings is 2. The largest absolute Gasteiger partial charge is 0.497 e. The minimum Gasteiger partial charge on any atom is -0.497 e. The van der Waals surface area contributed by atoms with E-state index in [0.717, 1.165) is 22.9 Å². The third kappa shape index (κ3) is 3.07. The number of anilines is 2. The van der Waals surface area contributed by atoms with Crippen LogP contribution in [0, 0.1) is 0 Å². The Kier molecular flexibility index (Phi) is 4.41. The van der Waals surface area contributed by atoms with E-state index in [0.29, 0.717) is 21.4 Å². The minimum atomic E-state index is 0.560. The molecule has 26 heavy (non-hydrogen) atoms. The van der Waals surface area contributed by atoms with Crippen molar-refractivity contribution >= 4 is 40.4 Å². The maximum Gasteiger partial charge on any atom is 0.144 e. The van der Waals surface area contributed by atoms with Gasteiger partial charge in [0.05, 0.1) is 23.5 Å². The Morgan fingerprint density at radius 3 is 2.73 bits per heavy atom. The summed E-state index contributed by atoms with van der Waals surface area (Å²) >= 11 is 12.4. The zero-order valence-electron chi connectivity index (χ0n) is 13.8. The molecule has 0 amide bonds. The van der Waals surface area contributed by atoms with E-state index in [2.05, 4.69) is 10.3 Å². The van der Waals surface area contributed by atoms with Gasteiger partial charge in [-0.15, -0.1) is 0 Å². The molecule has 0 radical (unpaired) electrons. The van der Waals surface area contributed by atoms with Gasteiger partial charge in [-0.25, -0.2) is 4.98 Å². The molecule has 0 aliphatic heterocycles. The predicted molar refractivity (Wildman–Crippen MR) is 105 cm³/mol. The molecule has 0 saturated heterocycles. The molecule has 0 fully saturated rings. The fourth-order valence-corrected chi connectivity index (χ4v) is 3.01. The first-order valence-electron chi connectivity index (χ1n) is 7.85. The number of nitrogens with one attached hydrogen (secondary N) is 1. The van der Waals surface area contributed by atoms with Crippen molar-refractivity contribution in [2.24, 2.45) is 0 Å². The molecule has 0 aliphatic carbocycles. The Hall–Kier alpha value is -2.76. The lowest BCUT2D eigenvalue weighted by molar-refractivity contribution is 0.414. The summed E-state index contributed by atoms with van der Waals surface area (Å²) < 4.78 is 7.22. The average Bonchev–Trinajstić information content (AvgIpc) is 3.03. The van der Waals surface area contributed by atoms with Crippen molar-refractivity contribution in [2.45, 2.75) is 0 Å². The van der Waals surface area contributed by atoms with Crippen LogP contribution >= 0.6 is 23.2 Å². The van der Waals surface area contributed by atoms with Crippen molar-refractivity contribution < 1.29 is 4.74 Å². The second-order valence-electron chi connectivity index (χ2n) is 5.57. The maximum absolute atomic E-state index is 6.32. The van der Waals surface area contributed by atoms with Gasteiger partial charge in [-0.2, -0.15) is 0 Å². The molecule has 0 unspecified atom stereocenters. The summed E-state index contributed by atoms with van der Waals surface area (Å²) in [4.78, 5) is 9.14. The molecule has 1 aromatic carbocycles. The summed E-state index contributed by atoms with van der Waals surface area (Å²) in [5.74, 6) is 1.47. The van der Waals surface area contributed by atoms with Crippen molar-refractivity contribution in [2.75, 3.05) is 12.4 Å². The van der Waals surface area contributed by atoms with Crippen LogP contribution in [-0.2, 0) is 0 Å². The molecule has 1 N–H and O–H groups in total. The molecule has 0 saturated carbocycles. The Balaban J connectivity index is 1.92. The lowest BCUT2D eigenvalue weighted by atomic mass is 10.2. The van der Waals surface area contributed by atoms with Gasteiger partial charge in [0.2, 0.25) is 0 Å². The van der Waals surface area contributed by atoms with E-state index < -0.39 is 0 Å². The van der Waals surface area contributed by atoms with Gasteiger partial charge in [-0.3, -0.25) is 9.38 Å². The summed E-state index contributed by atoms with van der Waals surface area (Å²) in [6.45, 7) is 0.